The van der Waals surface area contributed by atoms with Crippen LogP contribution in [0.5, 0.6) is 0 Å². The Balaban J connectivity index is 2.88. The summed E-state index contributed by atoms with van der Waals surface area (Å²) >= 11 is 0. The lowest BCUT2D eigenvalue weighted by atomic mass is 9.99. The SMILES string of the molecule is O=P(O)(O)OC[C@H](OC1O[C@H](CO)[C@@H](O)[C@H](O)[C@H]1O)[C@H](O)[C@H](O)CO. The third-order valence-electron chi connectivity index (χ3n) is 3.53. The van der Waals surface area contributed by atoms with Crippen LogP contribution in [0, 0.1) is 0 Å². The van der Waals surface area contributed by atoms with E-state index in [1.165, 1.54) is 0 Å². The lowest BCUT2D eigenvalue weighted by molar-refractivity contribution is -0.321. The van der Waals surface area contributed by atoms with Crippen LogP contribution in [0.2, 0.25) is 0 Å². The van der Waals surface area contributed by atoms with E-state index >= 15 is 0 Å². The number of phosphoric acid groups is 1. The van der Waals surface area contributed by atoms with E-state index in [-0.39, 0.29) is 0 Å². The van der Waals surface area contributed by atoms with Gasteiger partial charge in [0.05, 0.1) is 19.8 Å². The van der Waals surface area contributed by atoms with Crippen LogP contribution in [0.4, 0.5) is 0 Å². The van der Waals surface area contributed by atoms with Crippen molar-refractivity contribution in [3.05, 3.63) is 0 Å². The number of hydrogen-bond acceptors (Lipinski definition) is 11. The highest BCUT2D eigenvalue weighted by Crippen LogP contribution is 2.36. The van der Waals surface area contributed by atoms with Gasteiger partial charge in [-0.2, -0.15) is 0 Å². The summed E-state index contributed by atoms with van der Waals surface area (Å²) in [5, 5.41) is 66.4. The standard InChI is InChI=1S/C11H23O13P/c12-1-4(14)7(15)6(3-22-25(19,20)21)24-11-10(18)9(17)8(16)5(2-13)23-11/h4-18H,1-3H2,(H2,19,20,21)/t4-,5-,6+,7-,8-,9+,10-,11?/m1/s1. The third kappa shape index (κ3) is 6.45. The fourth-order valence-corrected chi connectivity index (χ4v) is 2.44. The van der Waals surface area contributed by atoms with Gasteiger partial charge in [0.25, 0.3) is 0 Å². The second-order valence-corrected chi connectivity index (χ2v) is 6.64. The van der Waals surface area contributed by atoms with Gasteiger partial charge in [0.2, 0.25) is 0 Å². The lowest BCUT2D eigenvalue weighted by Gasteiger charge is -2.41. The van der Waals surface area contributed by atoms with Gasteiger partial charge in [-0.05, 0) is 0 Å². The molecule has 0 spiro atoms. The zero-order valence-electron chi connectivity index (χ0n) is 12.8. The molecule has 13 nitrogen and oxygen atoms in total. The fourth-order valence-electron chi connectivity index (χ4n) is 2.10. The predicted molar refractivity (Wildman–Crippen MR) is 75.7 cm³/mol. The average molecular weight is 394 g/mol. The molecule has 1 unspecified atom stereocenters. The Morgan fingerprint density at radius 3 is 2.12 bits per heavy atom. The Morgan fingerprint density at radius 2 is 1.64 bits per heavy atom. The first-order chi connectivity index (χ1) is 11.5. The number of aliphatic hydroxyl groups is 7. The van der Waals surface area contributed by atoms with Crippen LogP contribution in [0.1, 0.15) is 0 Å². The molecular weight excluding hydrogens is 371 g/mol. The van der Waals surface area contributed by atoms with Gasteiger partial charge in [0.15, 0.2) is 6.29 Å². The van der Waals surface area contributed by atoms with Crippen molar-refractivity contribution in [1.82, 2.24) is 0 Å². The molecule has 14 heteroatoms. The molecule has 25 heavy (non-hydrogen) atoms. The molecule has 0 amide bonds. The summed E-state index contributed by atoms with van der Waals surface area (Å²) in [6, 6.07) is 0. The second kappa shape index (κ2) is 9.62. The van der Waals surface area contributed by atoms with Crippen molar-refractivity contribution in [3.8, 4) is 0 Å². The van der Waals surface area contributed by atoms with E-state index in [0.717, 1.165) is 0 Å². The van der Waals surface area contributed by atoms with Crippen LogP contribution in [0.25, 0.3) is 0 Å². The van der Waals surface area contributed by atoms with Gasteiger partial charge in [0, 0.05) is 0 Å². The van der Waals surface area contributed by atoms with Crippen molar-refractivity contribution < 1.29 is 64.1 Å². The zero-order chi connectivity index (χ0) is 19.4. The molecule has 0 radical (unpaired) electrons. The summed E-state index contributed by atoms with van der Waals surface area (Å²) in [6.45, 7) is -2.65. The number of phosphoric ester groups is 1. The van der Waals surface area contributed by atoms with E-state index in [1.54, 1.807) is 0 Å². The largest absolute Gasteiger partial charge is 0.469 e. The highest BCUT2D eigenvalue weighted by molar-refractivity contribution is 7.46. The van der Waals surface area contributed by atoms with Gasteiger partial charge < -0.3 is 55.0 Å². The maximum absolute atomic E-state index is 10.8. The maximum atomic E-state index is 10.8. The smallest absolute Gasteiger partial charge is 0.394 e. The molecule has 0 aliphatic carbocycles. The molecule has 0 saturated carbocycles. The minimum atomic E-state index is -4.97. The Kier molecular flexibility index (Phi) is 8.77. The first-order valence-electron chi connectivity index (χ1n) is 7.14. The first kappa shape index (κ1) is 22.8. The quantitative estimate of drug-likeness (QED) is 0.167. The number of ether oxygens (including phenoxy) is 2. The number of rotatable bonds is 9. The molecule has 150 valence electrons. The summed E-state index contributed by atoms with van der Waals surface area (Å²) in [4.78, 5) is 17.4. The third-order valence-corrected chi connectivity index (χ3v) is 4.01. The molecule has 1 saturated heterocycles. The van der Waals surface area contributed by atoms with Crippen LogP contribution in [0.3, 0.4) is 0 Å². The van der Waals surface area contributed by atoms with Crippen LogP contribution in [0.15, 0.2) is 0 Å². The van der Waals surface area contributed by atoms with E-state index in [2.05, 4.69) is 4.52 Å². The molecule has 0 aromatic rings. The minimum Gasteiger partial charge on any atom is -0.394 e. The highest BCUT2D eigenvalue weighted by atomic mass is 31.2. The molecular formula is C11H23O13P. The van der Waals surface area contributed by atoms with Crippen molar-refractivity contribution in [2.24, 2.45) is 0 Å². The summed E-state index contributed by atoms with van der Waals surface area (Å²) in [6.07, 6.45) is -13.8. The van der Waals surface area contributed by atoms with Crippen molar-refractivity contribution in [2.45, 2.75) is 49.0 Å². The van der Waals surface area contributed by atoms with Gasteiger partial charge in [0.1, 0.15) is 42.7 Å². The normalized spacial score (nSPS) is 34.5. The van der Waals surface area contributed by atoms with E-state index in [4.69, 9.17) is 29.5 Å². The van der Waals surface area contributed by atoms with Crippen LogP contribution >= 0.6 is 7.82 Å². The summed E-state index contributed by atoms with van der Waals surface area (Å²) < 4.78 is 25.1. The Hall–Kier alpha value is -0.250. The van der Waals surface area contributed by atoms with Gasteiger partial charge in [-0.15, -0.1) is 0 Å². The van der Waals surface area contributed by atoms with Crippen LogP contribution in [-0.4, -0.2) is 114 Å². The monoisotopic (exact) mass is 394 g/mol. The van der Waals surface area contributed by atoms with Gasteiger partial charge in [-0.3, -0.25) is 4.52 Å². The van der Waals surface area contributed by atoms with Gasteiger partial charge in [-0.1, -0.05) is 0 Å². The van der Waals surface area contributed by atoms with Crippen molar-refractivity contribution in [3.63, 3.8) is 0 Å². The topological polar surface area (TPSA) is 227 Å². The molecule has 9 N–H and O–H groups in total. The molecule has 1 aliphatic rings. The van der Waals surface area contributed by atoms with Crippen LogP contribution in [-0.2, 0) is 18.6 Å². The van der Waals surface area contributed by atoms with Gasteiger partial charge in [-0.25, -0.2) is 4.57 Å². The predicted octanol–water partition coefficient (Wildman–Crippen LogP) is -5.01. The van der Waals surface area contributed by atoms with E-state index in [0.29, 0.717) is 0 Å². The molecule has 0 aromatic heterocycles. The molecule has 1 fully saturated rings. The van der Waals surface area contributed by atoms with Crippen molar-refractivity contribution in [1.29, 1.82) is 0 Å². The van der Waals surface area contributed by atoms with Crippen molar-refractivity contribution >= 4 is 7.82 Å². The minimum absolute atomic E-state index is 0.754. The maximum Gasteiger partial charge on any atom is 0.469 e. The molecule has 0 aromatic carbocycles. The Labute approximate surface area is 141 Å². The summed E-state index contributed by atoms with van der Waals surface area (Å²) in [7, 11) is -4.97. The highest BCUT2D eigenvalue weighted by Gasteiger charge is 2.46. The van der Waals surface area contributed by atoms with E-state index in [1.807, 2.05) is 0 Å². The van der Waals surface area contributed by atoms with Crippen molar-refractivity contribution in [2.75, 3.05) is 19.8 Å². The van der Waals surface area contributed by atoms with E-state index < -0.39 is 76.7 Å². The fraction of sp³-hybridized carbons (Fsp3) is 1.00. The zero-order valence-corrected chi connectivity index (χ0v) is 13.7. The molecule has 1 aliphatic heterocycles. The number of aliphatic hydroxyl groups excluding tert-OH is 7. The van der Waals surface area contributed by atoms with E-state index in [9.17, 15) is 30.1 Å². The molecule has 0 bridgehead atoms. The molecule has 1 heterocycles. The summed E-state index contributed by atoms with van der Waals surface area (Å²) in [5.41, 5.74) is 0. The Bertz CT molecular complexity index is 442. The molecule has 1 rings (SSSR count). The first-order valence-corrected chi connectivity index (χ1v) is 8.68. The number of hydrogen-bond donors (Lipinski definition) is 9. The summed E-state index contributed by atoms with van der Waals surface area (Å²) in [5.74, 6) is 0. The van der Waals surface area contributed by atoms with Crippen LogP contribution < -0.4 is 0 Å². The van der Waals surface area contributed by atoms with Gasteiger partial charge >= 0.3 is 7.82 Å². The Morgan fingerprint density at radius 1 is 1.04 bits per heavy atom. The second-order valence-electron chi connectivity index (χ2n) is 5.40. The molecule has 8 atom stereocenters. The average Bonchev–Trinajstić information content (AvgIpc) is 2.56. The lowest BCUT2D eigenvalue weighted by Crippen LogP contribution is -2.60.